The maximum Gasteiger partial charge on any atom is 0.0584 e. The lowest BCUT2D eigenvalue weighted by Crippen LogP contribution is -2.40. The molecule has 0 aliphatic rings. The molecule has 0 amide bonds. The van der Waals surface area contributed by atoms with Gasteiger partial charge in [0.2, 0.25) is 0 Å². The number of aliphatic hydroxyl groups excluding tert-OH is 1. The van der Waals surface area contributed by atoms with Gasteiger partial charge in [-0.05, 0) is 43.4 Å². The molecule has 0 fully saturated rings. The van der Waals surface area contributed by atoms with Crippen molar-refractivity contribution in [3.05, 3.63) is 34.3 Å². The highest BCUT2D eigenvalue weighted by Crippen LogP contribution is 2.12. The van der Waals surface area contributed by atoms with Gasteiger partial charge in [0.25, 0.3) is 0 Å². The Morgan fingerprint density at radius 3 is 2.28 bits per heavy atom. The van der Waals surface area contributed by atoms with E-state index in [4.69, 9.17) is 0 Å². The molecule has 2 unspecified atom stereocenters. The van der Waals surface area contributed by atoms with Gasteiger partial charge in [-0.3, -0.25) is 0 Å². The molecular weight excluding hydrogens is 290 g/mol. The van der Waals surface area contributed by atoms with E-state index in [2.05, 4.69) is 66.3 Å². The number of benzene rings is 1. The van der Waals surface area contributed by atoms with Crippen molar-refractivity contribution in [2.75, 3.05) is 6.61 Å². The zero-order valence-electron chi connectivity index (χ0n) is 11.5. The summed E-state index contributed by atoms with van der Waals surface area (Å²) in [5.74, 6) is 0.606. The van der Waals surface area contributed by atoms with E-state index in [1.807, 2.05) is 0 Å². The first-order valence-electron chi connectivity index (χ1n) is 6.62. The summed E-state index contributed by atoms with van der Waals surface area (Å²) in [6, 6.07) is 8.99. The van der Waals surface area contributed by atoms with Gasteiger partial charge in [-0.15, -0.1) is 0 Å². The summed E-state index contributed by atoms with van der Waals surface area (Å²) in [6.45, 7) is 6.75. The number of hydrogen-bond donors (Lipinski definition) is 2. The van der Waals surface area contributed by atoms with E-state index < -0.39 is 0 Å². The van der Waals surface area contributed by atoms with E-state index in [-0.39, 0.29) is 12.6 Å². The molecule has 0 saturated carbocycles. The second kappa shape index (κ2) is 7.93. The van der Waals surface area contributed by atoms with Gasteiger partial charge in [-0.25, -0.2) is 0 Å². The Hall–Kier alpha value is -0.380. The highest BCUT2D eigenvalue weighted by atomic mass is 79.9. The van der Waals surface area contributed by atoms with Crippen LogP contribution in [0.2, 0.25) is 0 Å². The molecule has 2 nitrogen and oxygen atoms in total. The van der Waals surface area contributed by atoms with Crippen LogP contribution in [0.15, 0.2) is 28.7 Å². The van der Waals surface area contributed by atoms with Crippen LogP contribution in [-0.2, 0) is 6.42 Å². The summed E-state index contributed by atoms with van der Waals surface area (Å²) >= 11 is 3.44. The molecule has 3 heteroatoms. The Morgan fingerprint density at radius 2 is 1.78 bits per heavy atom. The normalized spacial score (nSPS) is 14.8. The van der Waals surface area contributed by atoms with Crippen LogP contribution in [0.25, 0.3) is 0 Å². The van der Waals surface area contributed by atoms with Crippen molar-refractivity contribution in [2.45, 2.75) is 45.7 Å². The maximum absolute atomic E-state index is 9.36. The molecule has 0 radical (unpaired) electrons. The number of rotatable bonds is 7. The van der Waals surface area contributed by atoms with E-state index in [0.717, 1.165) is 17.3 Å². The van der Waals surface area contributed by atoms with Crippen molar-refractivity contribution in [1.82, 2.24) is 5.32 Å². The standard InChI is InChI=1S/C15H24BrNO/c1-11(2)8-15(10-18)17-12(3)9-13-4-6-14(16)7-5-13/h4-7,11-12,15,17-18H,8-10H2,1-3H3. The van der Waals surface area contributed by atoms with Gasteiger partial charge in [0.1, 0.15) is 0 Å². The summed E-state index contributed by atoms with van der Waals surface area (Å²) in [5, 5.41) is 12.9. The third kappa shape index (κ3) is 5.98. The SMILES string of the molecule is CC(C)CC(CO)NC(C)Cc1ccc(Br)cc1. The van der Waals surface area contributed by atoms with Crippen molar-refractivity contribution >= 4 is 15.9 Å². The van der Waals surface area contributed by atoms with E-state index >= 15 is 0 Å². The van der Waals surface area contributed by atoms with Crippen LogP contribution in [-0.4, -0.2) is 23.8 Å². The zero-order valence-corrected chi connectivity index (χ0v) is 13.1. The first kappa shape index (κ1) is 15.7. The van der Waals surface area contributed by atoms with Gasteiger partial charge in [0, 0.05) is 16.6 Å². The van der Waals surface area contributed by atoms with E-state index in [1.165, 1.54) is 5.56 Å². The molecule has 0 aliphatic heterocycles. The van der Waals surface area contributed by atoms with Gasteiger partial charge in [0.15, 0.2) is 0 Å². The molecule has 0 bridgehead atoms. The Bertz CT molecular complexity index is 337. The summed E-state index contributed by atoms with van der Waals surface area (Å²) in [5.41, 5.74) is 1.32. The van der Waals surface area contributed by atoms with E-state index in [1.54, 1.807) is 0 Å². The predicted octanol–water partition coefficient (Wildman–Crippen LogP) is 3.38. The molecule has 1 aromatic carbocycles. The maximum atomic E-state index is 9.36. The lowest BCUT2D eigenvalue weighted by molar-refractivity contribution is 0.214. The van der Waals surface area contributed by atoms with Crippen LogP contribution in [0.4, 0.5) is 0 Å². The predicted molar refractivity (Wildman–Crippen MR) is 80.8 cm³/mol. The lowest BCUT2D eigenvalue weighted by Gasteiger charge is -2.23. The van der Waals surface area contributed by atoms with Crippen molar-refractivity contribution in [3.8, 4) is 0 Å². The fourth-order valence-electron chi connectivity index (χ4n) is 2.20. The van der Waals surface area contributed by atoms with Gasteiger partial charge in [-0.2, -0.15) is 0 Å². The third-order valence-electron chi connectivity index (χ3n) is 2.95. The number of nitrogens with one attached hydrogen (secondary N) is 1. The van der Waals surface area contributed by atoms with Crippen LogP contribution in [0, 0.1) is 5.92 Å². The minimum atomic E-state index is 0.204. The quantitative estimate of drug-likeness (QED) is 0.809. The van der Waals surface area contributed by atoms with Gasteiger partial charge < -0.3 is 10.4 Å². The summed E-state index contributed by atoms with van der Waals surface area (Å²) < 4.78 is 1.11. The van der Waals surface area contributed by atoms with Crippen LogP contribution >= 0.6 is 15.9 Å². The van der Waals surface area contributed by atoms with Gasteiger partial charge in [-0.1, -0.05) is 41.9 Å². The van der Waals surface area contributed by atoms with Crippen molar-refractivity contribution < 1.29 is 5.11 Å². The van der Waals surface area contributed by atoms with E-state index in [0.29, 0.717) is 12.0 Å². The molecular formula is C15H24BrNO. The average molecular weight is 314 g/mol. The second-order valence-electron chi connectivity index (χ2n) is 5.41. The van der Waals surface area contributed by atoms with Crippen LogP contribution in [0.3, 0.4) is 0 Å². The second-order valence-corrected chi connectivity index (χ2v) is 6.32. The number of aliphatic hydroxyl groups is 1. The molecule has 0 heterocycles. The van der Waals surface area contributed by atoms with Gasteiger partial charge in [0.05, 0.1) is 6.61 Å². The van der Waals surface area contributed by atoms with Crippen molar-refractivity contribution in [3.63, 3.8) is 0 Å². The van der Waals surface area contributed by atoms with Crippen molar-refractivity contribution in [2.24, 2.45) is 5.92 Å². The van der Waals surface area contributed by atoms with Crippen LogP contribution in [0.5, 0.6) is 0 Å². The monoisotopic (exact) mass is 313 g/mol. The summed E-state index contributed by atoms with van der Waals surface area (Å²) in [6.07, 6.45) is 2.00. The molecule has 0 aliphatic carbocycles. The zero-order chi connectivity index (χ0) is 13.5. The number of hydrogen-bond acceptors (Lipinski definition) is 2. The Labute approximate surface area is 119 Å². The molecule has 0 aromatic heterocycles. The highest BCUT2D eigenvalue weighted by Gasteiger charge is 2.13. The minimum Gasteiger partial charge on any atom is -0.395 e. The first-order valence-corrected chi connectivity index (χ1v) is 7.42. The Morgan fingerprint density at radius 1 is 1.17 bits per heavy atom. The topological polar surface area (TPSA) is 32.3 Å². The molecule has 1 rings (SSSR count). The largest absolute Gasteiger partial charge is 0.395 e. The number of halogens is 1. The Kier molecular flexibility index (Phi) is 6.90. The molecule has 2 atom stereocenters. The average Bonchev–Trinajstić information content (AvgIpc) is 2.30. The molecule has 1 aromatic rings. The Balaban J connectivity index is 2.44. The highest BCUT2D eigenvalue weighted by molar-refractivity contribution is 9.10. The molecule has 18 heavy (non-hydrogen) atoms. The first-order chi connectivity index (χ1) is 8.51. The van der Waals surface area contributed by atoms with Crippen molar-refractivity contribution in [1.29, 1.82) is 0 Å². The van der Waals surface area contributed by atoms with Crippen LogP contribution < -0.4 is 5.32 Å². The molecule has 0 spiro atoms. The molecule has 0 saturated heterocycles. The fraction of sp³-hybridized carbons (Fsp3) is 0.600. The van der Waals surface area contributed by atoms with E-state index in [9.17, 15) is 5.11 Å². The smallest absolute Gasteiger partial charge is 0.0584 e. The van der Waals surface area contributed by atoms with Crippen LogP contribution in [0.1, 0.15) is 32.8 Å². The summed E-state index contributed by atoms with van der Waals surface area (Å²) in [4.78, 5) is 0. The summed E-state index contributed by atoms with van der Waals surface area (Å²) in [7, 11) is 0. The van der Waals surface area contributed by atoms with Gasteiger partial charge >= 0.3 is 0 Å². The fourth-order valence-corrected chi connectivity index (χ4v) is 2.46. The lowest BCUT2D eigenvalue weighted by atomic mass is 10.0. The minimum absolute atomic E-state index is 0.204. The molecule has 102 valence electrons. The third-order valence-corrected chi connectivity index (χ3v) is 3.48. The molecule has 2 N–H and O–H groups in total.